The Morgan fingerprint density at radius 3 is 2.48 bits per heavy atom. The van der Waals surface area contributed by atoms with Crippen molar-refractivity contribution in [3.05, 3.63) is 53.1 Å². The van der Waals surface area contributed by atoms with Gasteiger partial charge in [0, 0.05) is 16.9 Å². The Morgan fingerprint density at radius 2 is 1.84 bits per heavy atom. The van der Waals surface area contributed by atoms with Crippen LogP contribution in [0.2, 0.25) is 0 Å². The van der Waals surface area contributed by atoms with E-state index < -0.39 is 17.7 Å². The largest absolute Gasteiger partial charge is 0.488 e. The van der Waals surface area contributed by atoms with Gasteiger partial charge in [0.25, 0.3) is 0 Å². The third-order valence-corrected chi connectivity index (χ3v) is 3.95. The first kappa shape index (κ1) is 19.2. The number of thiol groups is 1. The Balaban J connectivity index is 2.28. The Hall–Kier alpha value is -2.15. The molecule has 25 heavy (non-hydrogen) atoms. The second-order valence-corrected chi connectivity index (χ2v) is 5.84. The normalized spacial score (nSPS) is 11.3. The number of benzene rings is 2. The maximum atomic E-state index is 13.2. The van der Waals surface area contributed by atoms with Gasteiger partial charge in [0.15, 0.2) is 0 Å². The highest BCUT2D eigenvalue weighted by atomic mass is 32.1. The van der Waals surface area contributed by atoms with E-state index in [1.807, 2.05) is 0 Å². The van der Waals surface area contributed by atoms with E-state index in [4.69, 9.17) is 9.47 Å². The number of esters is 1. The van der Waals surface area contributed by atoms with Crippen molar-refractivity contribution in [2.45, 2.75) is 37.9 Å². The molecule has 0 saturated carbocycles. The lowest BCUT2D eigenvalue weighted by Gasteiger charge is -2.17. The zero-order chi connectivity index (χ0) is 18.6. The van der Waals surface area contributed by atoms with Crippen molar-refractivity contribution in [2.75, 3.05) is 0 Å². The van der Waals surface area contributed by atoms with Crippen LogP contribution in [0.3, 0.4) is 0 Å². The molecule has 0 heterocycles. The molecule has 0 aliphatic carbocycles. The quantitative estimate of drug-likeness (QED) is 0.447. The third-order valence-electron chi connectivity index (χ3n) is 3.47. The average Bonchev–Trinajstić information content (AvgIpc) is 2.55. The molecule has 0 aliphatic heterocycles. The fourth-order valence-electron chi connectivity index (χ4n) is 2.08. The van der Waals surface area contributed by atoms with Gasteiger partial charge in [-0.3, -0.25) is 4.79 Å². The predicted molar refractivity (Wildman–Crippen MR) is 90.1 cm³/mol. The standard InChI is InChI=1S/C18H17F3O3S/c1-3-17(22)24-14-7-5-4-6-12(14)10-23-15-8-11(2)16(25)9-13(15)18(19,20)21/h4-9,25H,3,10H2,1-2H3. The SMILES string of the molecule is CCC(=O)Oc1ccccc1COc1cc(C)c(S)cc1C(F)(F)F. The maximum Gasteiger partial charge on any atom is 0.420 e. The van der Waals surface area contributed by atoms with Crippen molar-refractivity contribution in [3.63, 3.8) is 0 Å². The van der Waals surface area contributed by atoms with E-state index in [2.05, 4.69) is 12.6 Å². The van der Waals surface area contributed by atoms with Crippen LogP contribution < -0.4 is 9.47 Å². The lowest BCUT2D eigenvalue weighted by molar-refractivity contribution is -0.139. The first-order chi connectivity index (χ1) is 11.7. The molecule has 0 fully saturated rings. The van der Waals surface area contributed by atoms with Crippen molar-refractivity contribution in [2.24, 2.45) is 0 Å². The molecule has 0 unspecified atom stereocenters. The smallest absolute Gasteiger partial charge is 0.420 e. The summed E-state index contributed by atoms with van der Waals surface area (Å²) in [6.45, 7) is 3.13. The number of para-hydroxylation sites is 1. The molecule has 2 aromatic carbocycles. The molecule has 0 amide bonds. The monoisotopic (exact) mass is 370 g/mol. The van der Waals surface area contributed by atoms with Gasteiger partial charge >= 0.3 is 12.1 Å². The zero-order valence-corrected chi connectivity index (χ0v) is 14.6. The molecule has 2 aromatic rings. The average molecular weight is 370 g/mol. The van der Waals surface area contributed by atoms with E-state index in [-0.39, 0.29) is 29.4 Å². The zero-order valence-electron chi connectivity index (χ0n) is 13.7. The fourth-order valence-corrected chi connectivity index (χ4v) is 2.28. The van der Waals surface area contributed by atoms with Crippen LogP contribution in [0, 0.1) is 6.92 Å². The molecule has 0 N–H and O–H groups in total. The van der Waals surface area contributed by atoms with E-state index in [9.17, 15) is 18.0 Å². The second-order valence-electron chi connectivity index (χ2n) is 5.36. The fraction of sp³-hybridized carbons (Fsp3) is 0.278. The second kappa shape index (κ2) is 7.82. The minimum Gasteiger partial charge on any atom is -0.488 e. The molecule has 0 aromatic heterocycles. The van der Waals surface area contributed by atoms with Gasteiger partial charge in [-0.15, -0.1) is 12.6 Å². The predicted octanol–water partition coefficient (Wildman–Crippen LogP) is 5.20. The van der Waals surface area contributed by atoms with Crippen LogP contribution in [-0.2, 0) is 17.6 Å². The molecule has 0 radical (unpaired) electrons. The molecule has 0 atom stereocenters. The number of hydrogen-bond acceptors (Lipinski definition) is 4. The van der Waals surface area contributed by atoms with Gasteiger partial charge in [-0.1, -0.05) is 25.1 Å². The minimum absolute atomic E-state index is 0.165. The topological polar surface area (TPSA) is 35.5 Å². The number of alkyl halides is 3. The number of aryl methyl sites for hydroxylation is 1. The molecule has 0 aliphatic rings. The molecule has 7 heteroatoms. The Bertz CT molecular complexity index is 773. The summed E-state index contributed by atoms with van der Waals surface area (Å²) in [7, 11) is 0. The van der Waals surface area contributed by atoms with E-state index >= 15 is 0 Å². The summed E-state index contributed by atoms with van der Waals surface area (Å²) in [5.41, 5.74) is 0.146. The van der Waals surface area contributed by atoms with Crippen LogP contribution in [0.1, 0.15) is 30.0 Å². The van der Waals surface area contributed by atoms with Gasteiger partial charge in [-0.05, 0) is 30.7 Å². The molecule has 0 saturated heterocycles. The van der Waals surface area contributed by atoms with Crippen molar-refractivity contribution >= 4 is 18.6 Å². The Labute approximate surface area is 149 Å². The Morgan fingerprint density at radius 1 is 1.16 bits per heavy atom. The van der Waals surface area contributed by atoms with Crippen LogP contribution in [0.25, 0.3) is 0 Å². The van der Waals surface area contributed by atoms with Crippen molar-refractivity contribution in [3.8, 4) is 11.5 Å². The summed E-state index contributed by atoms with van der Waals surface area (Å²) < 4.78 is 50.2. The highest BCUT2D eigenvalue weighted by molar-refractivity contribution is 7.80. The lowest BCUT2D eigenvalue weighted by atomic mass is 10.1. The van der Waals surface area contributed by atoms with Crippen molar-refractivity contribution in [1.82, 2.24) is 0 Å². The first-order valence-corrected chi connectivity index (χ1v) is 7.99. The van der Waals surface area contributed by atoms with Crippen molar-refractivity contribution in [1.29, 1.82) is 0 Å². The van der Waals surface area contributed by atoms with Crippen LogP contribution >= 0.6 is 12.6 Å². The summed E-state index contributed by atoms with van der Waals surface area (Å²) in [6.07, 6.45) is -4.37. The van der Waals surface area contributed by atoms with Gasteiger partial charge in [-0.2, -0.15) is 13.2 Å². The summed E-state index contributed by atoms with van der Waals surface area (Å²) in [4.78, 5) is 11.7. The van der Waals surface area contributed by atoms with Gasteiger partial charge < -0.3 is 9.47 Å². The molecular formula is C18H17F3O3S. The van der Waals surface area contributed by atoms with E-state index in [1.165, 1.54) is 6.07 Å². The van der Waals surface area contributed by atoms with Crippen LogP contribution in [0.15, 0.2) is 41.3 Å². The maximum absolute atomic E-state index is 13.2. The third kappa shape index (κ3) is 4.92. The minimum atomic E-state index is -4.56. The lowest BCUT2D eigenvalue weighted by Crippen LogP contribution is -2.11. The van der Waals surface area contributed by atoms with Crippen LogP contribution in [-0.4, -0.2) is 5.97 Å². The number of halogens is 3. The van der Waals surface area contributed by atoms with Gasteiger partial charge in [0.05, 0.1) is 5.56 Å². The van der Waals surface area contributed by atoms with Gasteiger partial charge in [-0.25, -0.2) is 0 Å². The summed E-state index contributed by atoms with van der Waals surface area (Å²) >= 11 is 4.04. The number of hydrogen-bond donors (Lipinski definition) is 1. The van der Waals surface area contributed by atoms with Crippen LogP contribution in [0.4, 0.5) is 13.2 Å². The molecule has 0 bridgehead atoms. The summed E-state index contributed by atoms with van der Waals surface area (Å²) in [5, 5.41) is 0. The van der Waals surface area contributed by atoms with E-state index in [0.29, 0.717) is 11.1 Å². The van der Waals surface area contributed by atoms with Gasteiger partial charge in [0.2, 0.25) is 0 Å². The highest BCUT2D eigenvalue weighted by Crippen LogP contribution is 2.39. The molecule has 3 nitrogen and oxygen atoms in total. The van der Waals surface area contributed by atoms with Gasteiger partial charge in [0.1, 0.15) is 18.1 Å². The molecule has 2 rings (SSSR count). The number of carbonyl (C=O) groups excluding carboxylic acids is 1. The highest BCUT2D eigenvalue weighted by Gasteiger charge is 2.35. The number of ether oxygens (including phenoxy) is 2. The Kier molecular flexibility index (Phi) is 6.00. The first-order valence-electron chi connectivity index (χ1n) is 7.54. The number of carbonyl (C=O) groups is 1. The van der Waals surface area contributed by atoms with Crippen LogP contribution in [0.5, 0.6) is 11.5 Å². The molecule has 134 valence electrons. The molecular weight excluding hydrogens is 353 g/mol. The summed E-state index contributed by atoms with van der Waals surface area (Å²) in [6, 6.07) is 8.80. The van der Waals surface area contributed by atoms with E-state index in [1.54, 1.807) is 38.1 Å². The van der Waals surface area contributed by atoms with Crippen molar-refractivity contribution < 1.29 is 27.4 Å². The summed E-state index contributed by atoms with van der Waals surface area (Å²) in [5.74, 6) is -0.455. The van der Waals surface area contributed by atoms with E-state index in [0.717, 1.165) is 6.07 Å². The molecule has 0 spiro atoms. The number of rotatable bonds is 5.